The largest absolute Gasteiger partial charge is 0.467 e. The number of nitrogens with one attached hydrogen (secondary N) is 1. The Labute approximate surface area is 141 Å². The number of furan rings is 1. The van der Waals surface area contributed by atoms with Crippen LogP contribution < -0.4 is 10.9 Å². The number of carbonyl (C=O) groups is 1. The standard InChI is InChI=1S/C18H14FN3O3/c19-12-5-6-14-16(9-12)22(18(24)15-4-1-7-21(14)15)11-17(23)20-10-13-3-2-8-25-13/h1-9H,10-11H2,(H,20,23). The monoisotopic (exact) mass is 339 g/mol. The molecule has 126 valence electrons. The fourth-order valence-corrected chi connectivity index (χ4v) is 2.88. The van der Waals surface area contributed by atoms with E-state index in [1.54, 1.807) is 40.9 Å². The number of halogens is 1. The Bertz CT molecular complexity index is 1130. The minimum atomic E-state index is -0.469. The maximum absolute atomic E-state index is 13.7. The third kappa shape index (κ3) is 2.69. The van der Waals surface area contributed by atoms with Crippen LogP contribution in [0, 0.1) is 5.82 Å². The maximum atomic E-state index is 13.7. The molecule has 6 nitrogen and oxygen atoms in total. The van der Waals surface area contributed by atoms with Crippen LogP contribution in [0.2, 0.25) is 0 Å². The molecular formula is C18H14FN3O3. The first-order valence-corrected chi connectivity index (χ1v) is 7.72. The molecule has 1 aromatic carbocycles. The lowest BCUT2D eigenvalue weighted by molar-refractivity contribution is -0.121. The molecule has 1 amide bonds. The Kier molecular flexibility index (Phi) is 3.61. The van der Waals surface area contributed by atoms with E-state index in [2.05, 4.69) is 5.32 Å². The molecular weight excluding hydrogens is 325 g/mol. The first-order chi connectivity index (χ1) is 12.1. The van der Waals surface area contributed by atoms with Gasteiger partial charge in [0.15, 0.2) is 0 Å². The highest BCUT2D eigenvalue weighted by Gasteiger charge is 2.14. The molecule has 0 aliphatic heterocycles. The molecule has 0 saturated heterocycles. The van der Waals surface area contributed by atoms with Gasteiger partial charge in [-0.25, -0.2) is 4.39 Å². The smallest absolute Gasteiger partial charge is 0.275 e. The summed E-state index contributed by atoms with van der Waals surface area (Å²) in [5.74, 6) is -0.221. The number of rotatable bonds is 4. The van der Waals surface area contributed by atoms with E-state index in [0.29, 0.717) is 22.3 Å². The second-order valence-corrected chi connectivity index (χ2v) is 5.64. The van der Waals surface area contributed by atoms with Crippen LogP contribution in [-0.4, -0.2) is 14.9 Å². The zero-order valence-corrected chi connectivity index (χ0v) is 13.1. The molecule has 3 aromatic heterocycles. The van der Waals surface area contributed by atoms with E-state index >= 15 is 0 Å². The topological polar surface area (TPSA) is 68.7 Å². The Balaban J connectivity index is 1.74. The minimum Gasteiger partial charge on any atom is -0.467 e. The van der Waals surface area contributed by atoms with Crippen LogP contribution in [-0.2, 0) is 17.9 Å². The summed E-state index contributed by atoms with van der Waals surface area (Å²) in [5, 5.41) is 2.69. The highest BCUT2D eigenvalue weighted by Crippen LogP contribution is 2.16. The van der Waals surface area contributed by atoms with Gasteiger partial charge in [-0.1, -0.05) is 0 Å². The molecule has 0 bridgehead atoms. The van der Waals surface area contributed by atoms with Crippen LogP contribution in [0.4, 0.5) is 4.39 Å². The Hall–Kier alpha value is -3.35. The summed E-state index contributed by atoms with van der Waals surface area (Å²) in [6.07, 6.45) is 3.25. The van der Waals surface area contributed by atoms with Crippen molar-refractivity contribution in [3.63, 3.8) is 0 Å². The van der Waals surface area contributed by atoms with Gasteiger partial charge in [-0.3, -0.25) is 14.2 Å². The predicted molar refractivity (Wildman–Crippen MR) is 89.7 cm³/mol. The van der Waals surface area contributed by atoms with Crippen molar-refractivity contribution in [1.29, 1.82) is 0 Å². The molecule has 7 heteroatoms. The first-order valence-electron chi connectivity index (χ1n) is 7.72. The van der Waals surface area contributed by atoms with Crippen molar-refractivity contribution >= 4 is 22.5 Å². The summed E-state index contributed by atoms with van der Waals surface area (Å²) in [7, 11) is 0. The number of amides is 1. The van der Waals surface area contributed by atoms with Gasteiger partial charge in [-0.15, -0.1) is 0 Å². The van der Waals surface area contributed by atoms with E-state index in [1.165, 1.54) is 23.0 Å². The molecule has 0 aliphatic carbocycles. The number of benzene rings is 1. The molecule has 0 radical (unpaired) electrons. The average Bonchev–Trinajstić information content (AvgIpc) is 3.28. The third-order valence-electron chi connectivity index (χ3n) is 4.04. The van der Waals surface area contributed by atoms with Gasteiger partial charge < -0.3 is 14.1 Å². The van der Waals surface area contributed by atoms with Crippen molar-refractivity contribution in [2.75, 3.05) is 0 Å². The lowest BCUT2D eigenvalue weighted by Crippen LogP contribution is -2.32. The van der Waals surface area contributed by atoms with Crippen molar-refractivity contribution < 1.29 is 13.6 Å². The van der Waals surface area contributed by atoms with Gasteiger partial charge in [0.25, 0.3) is 5.56 Å². The fourth-order valence-electron chi connectivity index (χ4n) is 2.88. The number of carbonyl (C=O) groups excluding carboxylic acids is 1. The van der Waals surface area contributed by atoms with Gasteiger partial charge in [0.1, 0.15) is 23.6 Å². The van der Waals surface area contributed by atoms with Gasteiger partial charge >= 0.3 is 0 Å². The lowest BCUT2D eigenvalue weighted by Gasteiger charge is -2.12. The van der Waals surface area contributed by atoms with E-state index in [9.17, 15) is 14.0 Å². The van der Waals surface area contributed by atoms with Crippen LogP contribution in [0.1, 0.15) is 5.76 Å². The van der Waals surface area contributed by atoms with Gasteiger partial charge in [0.05, 0.1) is 23.8 Å². The molecule has 0 spiro atoms. The molecule has 0 unspecified atom stereocenters. The zero-order valence-electron chi connectivity index (χ0n) is 13.1. The quantitative estimate of drug-likeness (QED) is 0.620. The number of nitrogens with zero attached hydrogens (tertiary/aromatic N) is 2. The summed E-state index contributed by atoms with van der Waals surface area (Å²) in [4.78, 5) is 25.0. The lowest BCUT2D eigenvalue weighted by atomic mass is 10.2. The van der Waals surface area contributed by atoms with Crippen LogP contribution in [0.25, 0.3) is 16.6 Å². The molecule has 4 aromatic rings. The Morgan fingerprint density at radius 3 is 2.80 bits per heavy atom. The summed E-state index contributed by atoms with van der Waals surface area (Å²) in [6, 6.07) is 11.0. The minimum absolute atomic E-state index is 0.207. The fraction of sp³-hybridized carbons (Fsp3) is 0.111. The zero-order chi connectivity index (χ0) is 17.4. The summed E-state index contributed by atoms with van der Waals surface area (Å²) in [6.45, 7) is 0.0153. The number of hydrogen-bond acceptors (Lipinski definition) is 3. The molecule has 3 heterocycles. The summed E-state index contributed by atoms with van der Waals surface area (Å²) in [5.41, 5.74) is 1.09. The van der Waals surface area contributed by atoms with E-state index in [-0.39, 0.29) is 24.6 Å². The number of fused-ring (bicyclic) bond motifs is 3. The van der Waals surface area contributed by atoms with Crippen molar-refractivity contribution in [3.05, 3.63) is 76.9 Å². The second kappa shape index (κ2) is 5.94. The van der Waals surface area contributed by atoms with Gasteiger partial charge in [-0.05, 0) is 42.5 Å². The van der Waals surface area contributed by atoms with Gasteiger partial charge in [0.2, 0.25) is 5.91 Å². The van der Waals surface area contributed by atoms with Crippen molar-refractivity contribution in [2.45, 2.75) is 13.1 Å². The Morgan fingerprint density at radius 2 is 2.00 bits per heavy atom. The first kappa shape index (κ1) is 15.2. The average molecular weight is 339 g/mol. The summed E-state index contributed by atoms with van der Waals surface area (Å²) < 4.78 is 21.8. The van der Waals surface area contributed by atoms with E-state index in [0.717, 1.165) is 0 Å². The predicted octanol–water partition coefficient (Wildman–Crippen LogP) is 2.30. The normalized spacial score (nSPS) is 11.2. The molecule has 0 aliphatic rings. The molecule has 4 rings (SSSR count). The van der Waals surface area contributed by atoms with Crippen LogP contribution >= 0.6 is 0 Å². The molecule has 25 heavy (non-hydrogen) atoms. The van der Waals surface area contributed by atoms with Gasteiger partial charge in [0, 0.05) is 6.20 Å². The SMILES string of the molecule is O=C(Cn1c(=O)c2cccn2c2ccc(F)cc21)NCc1ccco1. The van der Waals surface area contributed by atoms with Crippen LogP contribution in [0.3, 0.4) is 0 Å². The van der Waals surface area contributed by atoms with Crippen molar-refractivity contribution in [3.8, 4) is 0 Å². The van der Waals surface area contributed by atoms with E-state index in [1.807, 2.05) is 0 Å². The molecule has 0 atom stereocenters. The number of hydrogen-bond donors (Lipinski definition) is 1. The molecule has 0 fully saturated rings. The third-order valence-corrected chi connectivity index (χ3v) is 4.04. The van der Waals surface area contributed by atoms with Crippen molar-refractivity contribution in [2.24, 2.45) is 0 Å². The second-order valence-electron chi connectivity index (χ2n) is 5.64. The highest BCUT2D eigenvalue weighted by atomic mass is 19.1. The van der Waals surface area contributed by atoms with Crippen LogP contribution in [0.5, 0.6) is 0 Å². The van der Waals surface area contributed by atoms with E-state index < -0.39 is 5.82 Å². The Morgan fingerprint density at radius 1 is 1.12 bits per heavy atom. The maximum Gasteiger partial charge on any atom is 0.275 e. The van der Waals surface area contributed by atoms with Crippen LogP contribution in [0.15, 0.2) is 64.1 Å². The van der Waals surface area contributed by atoms with E-state index in [4.69, 9.17) is 4.42 Å². The number of aromatic nitrogens is 2. The highest BCUT2D eigenvalue weighted by molar-refractivity contribution is 5.82. The van der Waals surface area contributed by atoms with Crippen molar-refractivity contribution in [1.82, 2.24) is 14.3 Å². The summed E-state index contributed by atoms with van der Waals surface area (Å²) >= 11 is 0. The molecule has 1 N–H and O–H groups in total. The van der Waals surface area contributed by atoms with Gasteiger partial charge in [-0.2, -0.15) is 0 Å². The molecule has 0 saturated carbocycles.